The van der Waals surface area contributed by atoms with E-state index in [0.29, 0.717) is 3.92 Å². The third kappa shape index (κ3) is 2.59. The first-order valence-corrected chi connectivity index (χ1v) is 6.27. The first-order valence-electron chi connectivity index (χ1n) is 5.03. The zero-order valence-corrected chi connectivity index (χ0v) is 10.8. The molecule has 0 saturated carbocycles. The Morgan fingerprint density at radius 1 is 0.800 bits per heavy atom. The highest BCUT2D eigenvalue weighted by Gasteiger charge is 2.08. The number of benzene rings is 2. The summed E-state index contributed by atoms with van der Waals surface area (Å²) in [4.78, 5) is 0. The summed E-state index contributed by atoms with van der Waals surface area (Å²) in [5.41, 5.74) is 4.05. The highest BCUT2D eigenvalue weighted by atomic mass is 127. The number of hydrogen-bond donors (Lipinski definition) is 0. The second kappa shape index (κ2) is 4.79. The van der Waals surface area contributed by atoms with E-state index in [1.807, 2.05) is 0 Å². The van der Waals surface area contributed by atoms with Crippen LogP contribution >= 0.6 is 22.6 Å². The largest absolute Gasteiger partial charge is 0.0722 e. The fraction of sp³-hybridized carbons (Fsp3) is 0.143. The van der Waals surface area contributed by atoms with Crippen molar-refractivity contribution in [3.8, 4) is 0 Å². The standard InChI is InChI=1S/C14H13I/c1-11-7-9-13(10-8-11)14(15)12-5-3-2-4-6-12/h2-10,14H,1H3. The Morgan fingerprint density at radius 2 is 1.33 bits per heavy atom. The second-order valence-electron chi connectivity index (χ2n) is 3.68. The van der Waals surface area contributed by atoms with Gasteiger partial charge < -0.3 is 0 Å². The van der Waals surface area contributed by atoms with Gasteiger partial charge in [-0.15, -0.1) is 0 Å². The van der Waals surface area contributed by atoms with Crippen LogP contribution in [-0.2, 0) is 0 Å². The van der Waals surface area contributed by atoms with Gasteiger partial charge in [-0.3, -0.25) is 0 Å². The molecule has 2 aromatic carbocycles. The molecule has 0 N–H and O–H groups in total. The summed E-state index contributed by atoms with van der Waals surface area (Å²) >= 11 is 2.48. The van der Waals surface area contributed by atoms with Crippen LogP contribution in [0.1, 0.15) is 20.6 Å². The van der Waals surface area contributed by atoms with E-state index in [2.05, 4.69) is 84.1 Å². The molecule has 15 heavy (non-hydrogen) atoms. The Morgan fingerprint density at radius 3 is 1.93 bits per heavy atom. The monoisotopic (exact) mass is 308 g/mol. The quantitative estimate of drug-likeness (QED) is 0.565. The van der Waals surface area contributed by atoms with Crippen molar-refractivity contribution in [2.24, 2.45) is 0 Å². The molecule has 2 aromatic rings. The summed E-state index contributed by atoms with van der Waals surface area (Å²) in [6.07, 6.45) is 0. The maximum atomic E-state index is 2.48. The lowest BCUT2D eigenvalue weighted by atomic mass is 10.0. The van der Waals surface area contributed by atoms with Crippen LogP contribution in [0.5, 0.6) is 0 Å². The summed E-state index contributed by atoms with van der Waals surface area (Å²) in [6.45, 7) is 2.12. The minimum absolute atomic E-state index is 0.449. The molecule has 0 saturated heterocycles. The lowest BCUT2D eigenvalue weighted by molar-refractivity contribution is 1.19. The zero-order chi connectivity index (χ0) is 10.7. The first-order chi connectivity index (χ1) is 7.27. The van der Waals surface area contributed by atoms with E-state index in [9.17, 15) is 0 Å². The van der Waals surface area contributed by atoms with Crippen molar-refractivity contribution in [1.29, 1.82) is 0 Å². The molecule has 1 unspecified atom stereocenters. The molecule has 0 bridgehead atoms. The molecule has 1 atom stereocenters. The van der Waals surface area contributed by atoms with Gasteiger partial charge in [-0.2, -0.15) is 0 Å². The average molecular weight is 308 g/mol. The van der Waals surface area contributed by atoms with Crippen LogP contribution in [0.15, 0.2) is 54.6 Å². The van der Waals surface area contributed by atoms with Crippen LogP contribution < -0.4 is 0 Å². The molecule has 0 aliphatic rings. The van der Waals surface area contributed by atoms with Crippen molar-refractivity contribution in [2.45, 2.75) is 10.8 Å². The molecule has 0 nitrogen and oxygen atoms in total. The Balaban J connectivity index is 2.29. The van der Waals surface area contributed by atoms with Crippen LogP contribution in [0.2, 0.25) is 0 Å². The van der Waals surface area contributed by atoms with Gasteiger partial charge in [0.25, 0.3) is 0 Å². The van der Waals surface area contributed by atoms with Gasteiger partial charge in [0, 0.05) is 0 Å². The summed E-state index contributed by atoms with van der Waals surface area (Å²) in [6, 6.07) is 19.4. The van der Waals surface area contributed by atoms with E-state index in [4.69, 9.17) is 0 Å². The molecule has 0 aromatic heterocycles. The number of halogens is 1. The van der Waals surface area contributed by atoms with Crippen molar-refractivity contribution >= 4 is 22.6 Å². The number of hydrogen-bond acceptors (Lipinski definition) is 0. The van der Waals surface area contributed by atoms with E-state index >= 15 is 0 Å². The van der Waals surface area contributed by atoms with E-state index in [0.717, 1.165) is 0 Å². The van der Waals surface area contributed by atoms with Gasteiger partial charge in [-0.25, -0.2) is 0 Å². The molecule has 2 rings (SSSR count). The fourth-order valence-corrected chi connectivity index (χ4v) is 2.38. The Kier molecular flexibility index (Phi) is 3.41. The molecule has 1 heteroatoms. The normalized spacial score (nSPS) is 12.4. The molecule has 0 amide bonds. The van der Waals surface area contributed by atoms with Crippen LogP contribution in [0, 0.1) is 6.92 Å². The summed E-state index contributed by atoms with van der Waals surface area (Å²) in [7, 11) is 0. The predicted molar refractivity (Wildman–Crippen MR) is 73.5 cm³/mol. The fourth-order valence-electron chi connectivity index (χ4n) is 1.55. The molecule has 0 fully saturated rings. The molecule has 0 spiro atoms. The van der Waals surface area contributed by atoms with Crippen LogP contribution in [0.3, 0.4) is 0 Å². The first kappa shape index (κ1) is 10.7. The predicted octanol–water partition coefficient (Wildman–Crippen LogP) is 4.52. The van der Waals surface area contributed by atoms with E-state index < -0.39 is 0 Å². The summed E-state index contributed by atoms with van der Waals surface area (Å²) in [5, 5.41) is 0. The highest BCUT2D eigenvalue weighted by molar-refractivity contribution is 14.1. The van der Waals surface area contributed by atoms with Gasteiger partial charge in [0.2, 0.25) is 0 Å². The molecule has 0 aliphatic carbocycles. The SMILES string of the molecule is Cc1ccc(C(I)c2ccccc2)cc1. The Labute approximate surface area is 104 Å². The zero-order valence-electron chi connectivity index (χ0n) is 8.65. The van der Waals surface area contributed by atoms with Crippen molar-refractivity contribution in [1.82, 2.24) is 0 Å². The van der Waals surface area contributed by atoms with Crippen LogP contribution in [0.4, 0.5) is 0 Å². The van der Waals surface area contributed by atoms with Crippen molar-refractivity contribution in [3.63, 3.8) is 0 Å². The smallest absolute Gasteiger partial charge is 0.0608 e. The van der Waals surface area contributed by atoms with Gasteiger partial charge in [0.05, 0.1) is 3.92 Å². The van der Waals surface area contributed by atoms with Crippen LogP contribution in [-0.4, -0.2) is 0 Å². The van der Waals surface area contributed by atoms with Crippen molar-refractivity contribution in [2.75, 3.05) is 0 Å². The molecular weight excluding hydrogens is 295 g/mol. The van der Waals surface area contributed by atoms with Crippen molar-refractivity contribution < 1.29 is 0 Å². The van der Waals surface area contributed by atoms with Gasteiger partial charge >= 0.3 is 0 Å². The maximum Gasteiger partial charge on any atom is 0.0608 e. The second-order valence-corrected chi connectivity index (χ2v) is 4.93. The summed E-state index contributed by atoms with van der Waals surface area (Å²) < 4.78 is 0.449. The maximum absolute atomic E-state index is 2.48. The lowest BCUT2D eigenvalue weighted by Crippen LogP contribution is -1.91. The molecule has 0 radical (unpaired) electrons. The minimum atomic E-state index is 0.449. The van der Waals surface area contributed by atoms with Gasteiger partial charge in [-0.1, -0.05) is 82.8 Å². The van der Waals surface area contributed by atoms with Crippen molar-refractivity contribution in [3.05, 3.63) is 71.3 Å². The average Bonchev–Trinajstić information content (AvgIpc) is 2.30. The van der Waals surface area contributed by atoms with Gasteiger partial charge in [0.1, 0.15) is 0 Å². The Bertz CT molecular complexity index is 417. The topological polar surface area (TPSA) is 0 Å². The molecule has 0 aliphatic heterocycles. The molecular formula is C14H13I. The van der Waals surface area contributed by atoms with Gasteiger partial charge in [-0.05, 0) is 18.1 Å². The Hall–Kier alpha value is -0.830. The minimum Gasteiger partial charge on any atom is -0.0722 e. The number of rotatable bonds is 2. The third-order valence-corrected chi connectivity index (χ3v) is 3.90. The molecule has 0 heterocycles. The van der Waals surface area contributed by atoms with E-state index in [-0.39, 0.29) is 0 Å². The molecule has 76 valence electrons. The van der Waals surface area contributed by atoms with E-state index in [1.165, 1.54) is 16.7 Å². The van der Waals surface area contributed by atoms with Crippen LogP contribution in [0.25, 0.3) is 0 Å². The summed E-state index contributed by atoms with van der Waals surface area (Å²) in [5.74, 6) is 0. The highest BCUT2D eigenvalue weighted by Crippen LogP contribution is 2.30. The lowest BCUT2D eigenvalue weighted by Gasteiger charge is -2.10. The third-order valence-electron chi connectivity index (χ3n) is 2.46. The van der Waals surface area contributed by atoms with Gasteiger partial charge in [0.15, 0.2) is 0 Å². The number of aryl methyl sites for hydroxylation is 1. The number of alkyl halides is 1. The van der Waals surface area contributed by atoms with E-state index in [1.54, 1.807) is 0 Å².